The van der Waals surface area contributed by atoms with Crippen molar-refractivity contribution in [3.63, 3.8) is 0 Å². The molecule has 0 radical (unpaired) electrons. The average Bonchev–Trinajstić information content (AvgIpc) is 2.47. The fraction of sp³-hybridized carbons (Fsp3) is 0.467. The van der Waals surface area contributed by atoms with Gasteiger partial charge in [0.25, 0.3) is 5.69 Å². The molecular weight excluding hydrogens is 302 g/mol. The molecule has 1 aliphatic carbocycles. The molecule has 0 bridgehead atoms. The van der Waals surface area contributed by atoms with Crippen LogP contribution in [0.15, 0.2) is 18.2 Å². The Morgan fingerprint density at radius 2 is 1.91 bits per heavy atom. The molecule has 8 heteroatoms. The van der Waals surface area contributed by atoms with Gasteiger partial charge < -0.3 is 15.7 Å². The van der Waals surface area contributed by atoms with E-state index in [0.29, 0.717) is 36.9 Å². The Balaban J connectivity index is 1.87. The number of hydrogen-bond donors (Lipinski definition) is 3. The maximum Gasteiger partial charge on any atom is 0.319 e. The topological polar surface area (TPSA) is 122 Å². The van der Waals surface area contributed by atoms with Gasteiger partial charge in [0.15, 0.2) is 0 Å². The number of urea groups is 1. The molecule has 0 spiro atoms. The largest absolute Gasteiger partial charge is 0.481 e. The third-order valence-electron chi connectivity index (χ3n) is 4.06. The van der Waals surface area contributed by atoms with Crippen LogP contribution < -0.4 is 10.6 Å². The lowest BCUT2D eigenvalue weighted by molar-refractivity contribution is -0.385. The van der Waals surface area contributed by atoms with Gasteiger partial charge in [0.1, 0.15) is 0 Å². The van der Waals surface area contributed by atoms with Crippen molar-refractivity contribution in [1.82, 2.24) is 5.32 Å². The molecule has 0 unspecified atom stereocenters. The number of carboxylic acids is 1. The molecular formula is C15H19N3O5. The Bertz CT molecular complexity index is 624. The third kappa shape index (κ3) is 4.41. The first-order chi connectivity index (χ1) is 10.9. The van der Waals surface area contributed by atoms with E-state index in [1.165, 1.54) is 12.1 Å². The number of hydrogen-bond acceptors (Lipinski definition) is 4. The van der Waals surface area contributed by atoms with Gasteiger partial charge in [0, 0.05) is 23.4 Å². The lowest BCUT2D eigenvalue weighted by atomic mass is 9.86. The molecule has 0 aliphatic heterocycles. The number of nitro benzene ring substituents is 1. The fourth-order valence-electron chi connectivity index (χ4n) is 2.78. The van der Waals surface area contributed by atoms with E-state index in [1.807, 2.05) is 0 Å². The Morgan fingerprint density at radius 3 is 2.43 bits per heavy atom. The Morgan fingerprint density at radius 1 is 1.26 bits per heavy atom. The van der Waals surface area contributed by atoms with E-state index in [-0.39, 0.29) is 17.6 Å². The first-order valence-corrected chi connectivity index (χ1v) is 7.42. The maximum atomic E-state index is 12.0. The summed E-state index contributed by atoms with van der Waals surface area (Å²) >= 11 is 0. The zero-order chi connectivity index (χ0) is 17.0. The summed E-state index contributed by atoms with van der Waals surface area (Å²) in [5.41, 5.74) is 0.947. The molecule has 1 aromatic carbocycles. The number of carbonyl (C=O) groups is 2. The molecule has 0 atom stereocenters. The van der Waals surface area contributed by atoms with Crippen LogP contribution in [-0.2, 0) is 4.79 Å². The van der Waals surface area contributed by atoms with Crippen molar-refractivity contribution < 1.29 is 19.6 Å². The van der Waals surface area contributed by atoms with E-state index in [1.54, 1.807) is 13.0 Å². The van der Waals surface area contributed by atoms with Crippen LogP contribution in [0.4, 0.5) is 16.2 Å². The van der Waals surface area contributed by atoms with Gasteiger partial charge in [-0.05, 0) is 44.7 Å². The highest BCUT2D eigenvalue weighted by atomic mass is 16.6. The second-order valence-electron chi connectivity index (χ2n) is 5.74. The van der Waals surface area contributed by atoms with Gasteiger partial charge in [-0.2, -0.15) is 0 Å². The Hall–Kier alpha value is -2.64. The normalized spacial score (nSPS) is 20.6. The number of anilines is 1. The molecule has 1 aromatic rings. The average molecular weight is 321 g/mol. The van der Waals surface area contributed by atoms with Crippen molar-refractivity contribution in [3.8, 4) is 0 Å². The van der Waals surface area contributed by atoms with E-state index in [9.17, 15) is 19.7 Å². The lowest BCUT2D eigenvalue weighted by Gasteiger charge is -2.26. The van der Waals surface area contributed by atoms with Crippen LogP contribution in [0.3, 0.4) is 0 Å². The van der Waals surface area contributed by atoms with Gasteiger partial charge in [-0.1, -0.05) is 0 Å². The summed E-state index contributed by atoms with van der Waals surface area (Å²) in [5, 5.41) is 25.1. The number of nitrogens with zero attached hydrogens (tertiary/aromatic N) is 1. The summed E-state index contributed by atoms with van der Waals surface area (Å²) in [6.07, 6.45) is 2.36. The number of aliphatic carboxylic acids is 1. The first-order valence-electron chi connectivity index (χ1n) is 7.42. The number of rotatable bonds is 4. The highest BCUT2D eigenvalue weighted by molar-refractivity contribution is 5.89. The Kier molecular flexibility index (Phi) is 5.15. The predicted octanol–water partition coefficient (Wildman–Crippen LogP) is 2.67. The van der Waals surface area contributed by atoms with E-state index >= 15 is 0 Å². The zero-order valence-electron chi connectivity index (χ0n) is 12.7. The SMILES string of the molecule is Cc1cc(NC(=O)NC2CCC(C(=O)O)CC2)ccc1[N+](=O)[O-]. The molecule has 3 N–H and O–H groups in total. The quantitative estimate of drug-likeness (QED) is 0.581. The lowest BCUT2D eigenvalue weighted by Crippen LogP contribution is -2.40. The van der Waals surface area contributed by atoms with Crippen LogP contribution in [0.1, 0.15) is 31.2 Å². The van der Waals surface area contributed by atoms with Crippen LogP contribution >= 0.6 is 0 Å². The van der Waals surface area contributed by atoms with Crippen LogP contribution in [-0.4, -0.2) is 28.1 Å². The number of nitro groups is 1. The highest BCUT2D eigenvalue weighted by Crippen LogP contribution is 2.25. The summed E-state index contributed by atoms with van der Waals surface area (Å²) in [4.78, 5) is 33.1. The van der Waals surface area contributed by atoms with Crippen molar-refractivity contribution >= 4 is 23.4 Å². The summed E-state index contributed by atoms with van der Waals surface area (Å²) in [6.45, 7) is 1.61. The number of benzene rings is 1. The smallest absolute Gasteiger partial charge is 0.319 e. The number of carbonyl (C=O) groups excluding carboxylic acids is 1. The van der Waals surface area contributed by atoms with Crippen molar-refractivity contribution in [2.24, 2.45) is 5.92 Å². The van der Waals surface area contributed by atoms with Gasteiger partial charge in [-0.3, -0.25) is 14.9 Å². The first kappa shape index (κ1) is 16.7. The van der Waals surface area contributed by atoms with Crippen molar-refractivity contribution in [3.05, 3.63) is 33.9 Å². The molecule has 1 saturated carbocycles. The fourth-order valence-corrected chi connectivity index (χ4v) is 2.78. The monoisotopic (exact) mass is 321 g/mol. The van der Waals surface area contributed by atoms with Gasteiger partial charge in [0.05, 0.1) is 10.8 Å². The Labute approximate surface area is 133 Å². The molecule has 2 amide bonds. The third-order valence-corrected chi connectivity index (χ3v) is 4.06. The maximum absolute atomic E-state index is 12.0. The van der Waals surface area contributed by atoms with E-state index in [4.69, 9.17) is 5.11 Å². The number of carboxylic acid groups (broad SMARTS) is 1. The second kappa shape index (κ2) is 7.08. The summed E-state index contributed by atoms with van der Waals surface area (Å²) in [7, 11) is 0. The van der Waals surface area contributed by atoms with Crippen LogP contribution in [0, 0.1) is 23.0 Å². The van der Waals surface area contributed by atoms with Gasteiger partial charge in [0.2, 0.25) is 0 Å². The zero-order valence-corrected chi connectivity index (χ0v) is 12.7. The summed E-state index contributed by atoms with van der Waals surface area (Å²) in [6, 6.07) is 3.93. The van der Waals surface area contributed by atoms with Gasteiger partial charge in [-0.15, -0.1) is 0 Å². The molecule has 124 valence electrons. The molecule has 0 heterocycles. The minimum absolute atomic E-state index is 0.00273. The van der Waals surface area contributed by atoms with E-state index in [2.05, 4.69) is 10.6 Å². The second-order valence-corrected chi connectivity index (χ2v) is 5.74. The van der Waals surface area contributed by atoms with E-state index in [0.717, 1.165) is 0 Å². The standard InChI is InChI=1S/C15H19N3O5/c1-9-8-12(6-7-13(9)18(22)23)17-15(21)16-11-4-2-10(3-5-11)14(19)20/h6-8,10-11H,2-5H2,1H3,(H,19,20)(H2,16,17,21). The van der Waals surface area contributed by atoms with Gasteiger partial charge in [-0.25, -0.2) is 4.79 Å². The van der Waals surface area contributed by atoms with Crippen molar-refractivity contribution in [1.29, 1.82) is 0 Å². The number of amides is 2. The molecule has 8 nitrogen and oxygen atoms in total. The van der Waals surface area contributed by atoms with Crippen molar-refractivity contribution in [2.45, 2.75) is 38.6 Å². The molecule has 2 rings (SSSR count). The van der Waals surface area contributed by atoms with Crippen molar-refractivity contribution in [2.75, 3.05) is 5.32 Å². The molecule has 0 aromatic heterocycles. The van der Waals surface area contributed by atoms with Crippen LogP contribution in [0.25, 0.3) is 0 Å². The van der Waals surface area contributed by atoms with Crippen LogP contribution in [0.2, 0.25) is 0 Å². The molecule has 1 fully saturated rings. The summed E-state index contributed by atoms with van der Waals surface area (Å²) in [5.74, 6) is -1.11. The molecule has 23 heavy (non-hydrogen) atoms. The van der Waals surface area contributed by atoms with Crippen LogP contribution in [0.5, 0.6) is 0 Å². The molecule has 0 saturated heterocycles. The van der Waals surface area contributed by atoms with Gasteiger partial charge >= 0.3 is 12.0 Å². The predicted molar refractivity (Wildman–Crippen MR) is 83.4 cm³/mol. The minimum atomic E-state index is -0.783. The molecule has 1 aliphatic rings. The van der Waals surface area contributed by atoms with E-state index < -0.39 is 16.9 Å². The summed E-state index contributed by atoms with van der Waals surface area (Å²) < 4.78 is 0. The minimum Gasteiger partial charge on any atom is -0.481 e. The highest BCUT2D eigenvalue weighted by Gasteiger charge is 2.26. The number of nitrogens with one attached hydrogen (secondary N) is 2. The number of aryl methyl sites for hydroxylation is 1.